The Balaban J connectivity index is 1.93. The second kappa shape index (κ2) is 4.24. The fourth-order valence-corrected chi connectivity index (χ4v) is 1.97. The molecular weight excluding hydrogens is 244 g/mol. The molecule has 0 saturated heterocycles. The zero-order chi connectivity index (χ0) is 13.4. The van der Waals surface area contributed by atoms with Crippen molar-refractivity contribution in [2.24, 2.45) is 0 Å². The number of nitrogens with two attached hydrogens (primary N) is 1. The van der Waals surface area contributed by atoms with Crippen molar-refractivity contribution in [1.82, 2.24) is 14.8 Å². The second-order valence-corrected chi connectivity index (χ2v) is 4.38. The molecule has 2 heterocycles. The third-order valence-electron chi connectivity index (χ3n) is 2.92. The molecule has 0 atom stereocenters. The highest BCUT2D eigenvalue weighted by Gasteiger charge is 2.13. The number of fused-ring (bicyclic) bond motifs is 1. The van der Waals surface area contributed by atoms with Crippen LogP contribution in [-0.2, 0) is 6.42 Å². The van der Waals surface area contributed by atoms with Gasteiger partial charge in [-0.3, -0.25) is 4.79 Å². The number of nitrogens with zero attached hydrogens (tertiary/aromatic N) is 3. The van der Waals surface area contributed by atoms with Gasteiger partial charge in [-0.05, 0) is 19.1 Å². The van der Waals surface area contributed by atoms with E-state index in [1.54, 1.807) is 6.26 Å². The first-order valence-electron chi connectivity index (χ1n) is 5.80. The largest absolute Gasteiger partial charge is 0.464 e. The van der Waals surface area contributed by atoms with Gasteiger partial charge in [0.25, 0.3) is 5.91 Å². The van der Waals surface area contributed by atoms with E-state index >= 15 is 0 Å². The van der Waals surface area contributed by atoms with Crippen LogP contribution in [0.15, 0.2) is 35.2 Å². The lowest BCUT2D eigenvalue weighted by molar-refractivity contribution is 0.0898. The van der Waals surface area contributed by atoms with E-state index in [1.165, 1.54) is 6.33 Å². The van der Waals surface area contributed by atoms with Gasteiger partial charge in [-0.15, -0.1) is 5.10 Å². The lowest BCUT2D eigenvalue weighted by atomic mass is 10.1. The molecule has 0 aliphatic rings. The molecule has 2 aromatic heterocycles. The third kappa shape index (κ3) is 2.08. The van der Waals surface area contributed by atoms with E-state index in [4.69, 9.17) is 10.2 Å². The summed E-state index contributed by atoms with van der Waals surface area (Å²) in [6, 6.07) is 5.86. The van der Waals surface area contributed by atoms with E-state index in [2.05, 4.69) is 10.1 Å². The van der Waals surface area contributed by atoms with Crippen molar-refractivity contribution in [3.8, 4) is 0 Å². The van der Waals surface area contributed by atoms with Crippen molar-refractivity contribution < 1.29 is 9.21 Å². The van der Waals surface area contributed by atoms with E-state index in [1.807, 2.05) is 25.1 Å². The number of benzene rings is 1. The van der Waals surface area contributed by atoms with Crippen LogP contribution in [0.25, 0.3) is 11.0 Å². The fraction of sp³-hybridized carbons (Fsp3) is 0.154. The van der Waals surface area contributed by atoms with Crippen LogP contribution in [-0.4, -0.2) is 20.7 Å². The second-order valence-electron chi connectivity index (χ2n) is 4.38. The maximum atomic E-state index is 12.0. The number of aromatic nitrogens is 3. The third-order valence-corrected chi connectivity index (χ3v) is 2.92. The average molecular weight is 256 g/mol. The smallest absolute Gasteiger partial charge is 0.252 e. The molecule has 0 saturated carbocycles. The first-order valence-corrected chi connectivity index (χ1v) is 5.80. The van der Waals surface area contributed by atoms with Crippen LogP contribution in [0.5, 0.6) is 0 Å². The standard InChI is InChI=1S/C13H12N4O2/c1-8-2-3-11-10(4-8)9(6-19-11)5-12(18)17-7-15-13(14)16-17/h2-4,6-7H,5H2,1H3,(H2,14,16). The number of rotatable bonds is 2. The molecule has 0 aliphatic heterocycles. The van der Waals surface area contributed by atoms with Crippen molar-refractivity contribution in [3.63, 3.8) is 0 Å². The quantitative estimate of drug-likeness (QED) is 0.755. The van der Waals surface area contributed by atoms with E-state index in [0.29, 0.717) is 0 Å². The molecule has 3 rings (SSSR count). The fourth-order valence-electron chi connectivity index (χ4n) is 1.97. The van der Waals surface area contributed by atoms with Gasteiger partial charge in [0.05, 0.1) is 12.7 Å². The monoisotopic (exact) mass is 256 g/mol. The Labute approximate surface area is 108 Å². The lowest BCUT2D eigenvalue weighted by Gasteiger charge is -1.98. The van der Waals surface area contributed by atoms with Crippen molar-refractivity contribution in [2.45, 2.75) is 13.3 Å². The predicted octanol–water partition coefficient (Wildman–Crippen LogP) is 1.80. The highest BCUT2D eigenvalue weighted by atomic mass is 16.3. The minimum absolute atomic E-state index is 0.0845. The number of furan rings is 1. The van der Waals surface area contributed by atoms with Gasteiger partial charge in [-0.1, -0.05) is 11.6 Å². The molecule has 6 nitrogen and oxygen atoms in total. The Morgan fingerprint density at radius 1 is 1.47 bits per heavy atom. The molecule has 0 radical (unpaired) electrons. The Hall–Kier alpha value is -2.63. The zero-order valence-corrected chi connectivity index (χ0v) is 10.3. The molecule has 0 bridgehead atoms. The average Bonchev–Trinajstić information content (AvgIpc) is 2.97. The van der Waals surface area contributed by atoms with Gasteiger partial charge in [0, 0.05) is 10.9 Å². The Morgan fingerprint density at radius 3 is 3.05 bits per heavy atom. The summed E-state index contributed by atoms with van der Waals surface area (Å²) >= 11 is 0. The molecule has 2 N–H and O–H groups in total. The number of carbonyl (C=O) groups is 1. The topological polar surface area (TPSA) is 86.9 Å². The number of carbonyl (C=O) groups excluding carboxylic acids is 1. The first kappa shape index (κ1) is 11.5. The van der Waals surface area contributed by atoms with Crippen molar-refractivity contribution in [1.29, 1.82) is 0 Å². The molecule has 0 spiro atoms. The molecule has 1 aromatic carbocycles. The van der Waals surface area contributed by atoms with Gasteiger partial charge in [-0.2, -0.15) is 4.68 Å². The van der Waals surface area contributed by atoms with Crippen molar-refractivity contribution in [2.75, 3.05) is 5.73 Å². The van der Waals surface area contributed by atoms with Crippen LogP contribution in [0.4, 0.5) is 5.95 Å². The van der Waals surface area contributed by atoms with E-state index in [9.17, 15) is 4.79 Å². The number of aryl methyl sites for hydroxylation is 1. The molecule has 0 amide bonds. The number of hydrogen-bond acceptors (Lipinski definition) is 5. The van der Waals surface area contributed by atoms with Crippen LogP contribution in [0.3, 0.4) is 0 Å². The van der Waals surface area contributed by atoms with Gasteiger partial charge >= 0.3 is 0 Å². The van der Waals surface area contributed by atoms with Crippen LogP contribution in [0.1, 0.15) is 15.9 Å². The molecule has 0 aliphatic carbocycles. The number of hydrogen-bond donors (Lipinski definition) is 1. The van der Waals surface area contributed by atoms with E-state index < -0.39 is 0 Å². The Kier molecular flexibility index (Phi) is 2.56. The van der Waals surface area contributed by atoms with Gasteiger partial charge < -0.3 is 10.2 Å². The summed E-state index contributed by atoms with van der Waals surface area (Å²) in [5.41, 5.74) is 8.11. The molecule has 3 aromatic rings. The molecular formula is C13H12N4O2. The van der Waals surface area contributed by atoms with Gasteiger partial charge in [-0.25, -0.2) is 4.98 Å². The summed E-state index contributed by atoms with van der Waals surface area (Å²) in [6.45, 7) is 2.00. The van der Waals surface area contributed by atoms with Crippen LogP contribution < -0.4 is 5.73 Å². The maximum Gasteiger partial charge on any atom is 0.252 e. The summed E-state index contributed by atoms with van der Waals surface area (Å²) < 4.78 is 6.57. The van der Waals surface area contributed by atoms with E-state index in [-0.39, 0.29) is 18.3 Å². The highest BCUT2D eigenvalue weighted by molar-refractivity contribution is 5.88. The zero-order valence-electron chi connectivity index (χ0n) is 10.3. The molecule has 0 unspecified atom stereocenters. The minimum atomic E-state index is -0.201. The molecule has 96 valence electrons. The van der Waals surface area contributed by atoms with Gasteiger partial charge in [0.2, 0.25) is 5.95 Å². The summed E-state index contributed by atoms with van der Waals surface area (Å²) in [5.74, 6) is -0.116. The van der Waals surface area contributed by atoms with Crippen LogP contribution in [0.2, 0.25) is 0 Å². The lowest BCUT2D eigenvalue weighted by Crippen LogP contribution is -2.14. The normalized spacial score (nSPS) is 11.0. The number of anilines is 1. The Morgan fingerprint density at radius 2 is 2.32 bits per heavy atom. The summed E-state index contributed by atoms with van der Waals surface area (Å²) in [5, 5.41) is 4.74. The summed E-state index contributed by atoms with van der Waals surface area (Å²) in [7, 11) is 0. The molecule has 19 heavy (non-hydrogen) atoms. The molecule has 6 heteroatoms. The van der Waals surface area contributed by atoms with Crippen LogP contribution >= 0.6 is 0 Å². The predicted molar refractivity (Wildman–Crippen MR) is 69.7 cm³/mol. The first-order chi connectivity index (χ1) is 9.13. The SMILES string of the molecule is Cc1ccc2occ(CC(=O)n3cnc(N)n3)c2c1. The minimum Gasteiger partial charge on any atom is -0.464 e. The summed E-state index contributed by atoms with van der Waals surface area (Å²) in [6.07, 6.45) is 3.10. The van der Waals surface area contributed by atoms with Gasteiger partial charge in [0.1, 0.15) is 11.9 Å². The summed E-state index contributed by atoms with van der Waals surface area (Å²) in [4.78, 5) is 15.7. The highest BCUT2D eigenvalue weighted by Crippen LogP contribution is 2.23. The van der Waals surface area contributed by atoms with E-state index in [0.717, 1.165) is 26.8 Å². The van der Waals surface area contributed by atoms with Crippen LogP contribution in [0, 0.1) is 6.92 Å². The van der Waals surface area contributed by atoms with Crippen molar-refractivity contribution >= 4 is 22.8 Å². The molecule has 0 fully saturated rings. The number of nitrogen functional groups attached to an aromatic ring is 1. The van der Waals surface area contributed by atoms with Gasteiger partial charge in [0.15, 0.2) is 0 Å². The van der Waals surface area contributed by atoms with Crippen molar-refractivity contribution in [3.05, 3.63) is 41.9 Å². The Bertz CT molecular complexity index is 757. The maximum absolute atomic E-state index is 12.0.